The van der Waals surface area contributed by atoms with Crippen LogP contribution in [0.15, 0.2) is 6.07 Å². The zero-order valence-corrected chi connectivity index (χ0v) is 12.1. The predicted molar refractivity (Wildman–Crippen MR) is 72.6 cm³/mol. The van der Waals surface area contributed by atoms with E-state index in [9.17, 15) is 28.4 Å². The molecule has 0 bridgehead atoms. The predicted octanol–water partition coefficient (Wildman–Crippen LogP) is 3.49. The Bertz CT molecular complexity index is 530. The SMILES string of the molecule is CC(O)c1cc([N+](=O)[O-])c(N2CCCC(C(F)(F)F)C2)s1. The molecule has 0 saturated carbocycles. The van der Waals surface area contributed by atoms with Crippen LogP contribution in [0.2, 0.25) is 0 Å². The summed E-state index contributed by atoms with van der Waals surface area (Å²) in [5.41, 5.74) is -0.237. The first kappa shape index (κ1) is 16.0. The number of hydrogen-bond acceptors (Lipinski definition) is 5. The number of aliphatic hydroxyl groups is 1. The maximum absolute atomic E-state index is 12.8. The summed E-state index contributed by atoms with van der Waals surface area (Å²) >= 11 is 0.982. The standard InChI is InChI=1S/C12H15F3N2O3S/c1-7(18)10-5-9(17(19)20)11(21-10)16-4-2-3-8(6-16)12(13,14)15/h5,7-8,18H,2-4,6H2,1H3. The van der Waals surface area contributed by atoms with E-state index in [1.807, 2.05) is 0 Å². The Balaban J connectivity index is 2.30. The van der Waals surface area contributed by atoms with Crippen molar-refractivity contribution in [2.24, 2.45) is 5.92 Å². The molecule has 1 saturated heterocycles. The van der Waals surface area contributed by atoms with E-state index in [2.05, 4.69) is 0 Å². The van der Waals surface area contributed by atoms with Gasteiger partial charge < -0.3 is 10.0 Å². The Hall–Kier alpha value is -1.35. The van der Waals surface area contributed by atoms with E-state index in [1.54, 1.807) is 0 Å². The maximum Gasteiger partial charge on any atom is 0.393 e. The van der Waals surface area contributed by atoms with E-state index in [0.717, 1.165) is 11.3 Å². The van der Waals surface area contributed by atoms with E-state index in [4.69, 9.17) is 0 Å². The second-order valence-electron chi connectivity index (χ2n) is 5.10. The van der Waals surface area contributed by atoms with E-state index in [1.165, 1.54) is 17.9 Å². The smallest absolute Gasteiger partial charge is 0.388 e. The van der Waals surface area contributed by atoms with Gasteiger partial charge in [0.2, 0.25) is 0 Å². The minimum absolute atomic E-state index is 0.0441. The summed E-state index contributed by atoms with van der Waals surface area (Å²) in [6, 6.07) is 1.24. The van der Waals surface area contributed by atoms with E-state index in [0.29, 0.717) is 17.8 Å². The summed E-state index contributed by atoms with van der Waals surface area (Å²) in [6.07, 6.45) is -4.80. The highest BCUT2D eigenvalue weighted by molar-refractivity contribution is 7.16. The number of anilines is 1. The Kier molecular flexibility index (Phi) is 4.43. The molecule has 0 spiro atoms. The molecule has 2 unspecified atom stereocenters. The molecule has 1 aromatic rings. The average molecular weight is 324 g/mol. The number of hydrogen-bond donors (Lipinski definition) is 1. The van der Waals surface area contributed by atoms with Gasteiger partial charge in [0.15, 0.2) is 5.00 Å². The van der Waals surface area contributed by atoms with Crippen LogP contribution in [0.25, 0.3) is 0 Å². The van der Waals surface area contributed by atoms with Crippen molar-refractivity contribution in [2.75, 3.05) is 18.0 Å². The van der Waals surface area contributed by atoms with Crippen LogP contribution in [-0.2, 0) is 0 Å². The third kappa shape index (κ3) is 3.46. The number of rotatable bonds is 3. The highest BCUT2D eigenvalue weighted by Crippen LogP contribution is 2.43. The van der Waals surface area contributed by atoms with Crippen molar-refractivity contribution in [1.82, 2.24) is 0 Å². The summed E-state index contributed by atoms with van der Waals surface area (Å²) in [4.78, 5) is 12.2. The number of nitrogens with zero attached hydrogens (tertiary/aromatic N) is 2. The molecular formula is C12H15F3N2O3S. The monoisotopic (exact) mass is 324 g/mol. The number of nitro groups is 1. The lowest BCUT2D eigenvalue weighted by molar-refractivity contribution is -0.383. The highest BCUT2D eigenvalue weighted by atomic mass is 32.1. The number of halogens is 3. The Morgan fingerprint density at radius 1 is 1.57 bits per heavy atom. The summed E-state index contributed by atoms with van der Waals surface area (Å²) in [6.45, 7) is 1.55. The molecule has 1 N–H and O–H groups in total. The molecule has 1 aliphatic heterocycles. The van der Waals surface area contributed by atoms with Crippen LogP contribution in [0.3, 0.4) is 0 Å². The molecular weight excluding hydrogens is 309 g/mol. The van der Waals surface area contributed by atoms with E-state index in [-0.39, 0.29) is 23.7 Å². The molecule has 21 heavy (non-hydrogen) atoms. The largest absolute Gasteiger partial charge is 0.393 e. The van der Waals surface area contributed by atoms with Gasteiger partial charge in [0.1, 0.15) is 0 Å². The Morgan fingerprint density at radius 3 is 2.76 bits per heavy atom. The third-order valence-electron chi connectivity index (χ3n) is 3.49. The topological polar surface area (TPSA) is 66.6 Å². The number of aliphatic hydroxyl groups excluding tert-OH is 1. The van der Waals surface area contributed by atoms with Crippen LogP contribution in [-0.4, -0.2) is 29.3 Å². The average Bonchev–Trinajstić information content (AvgIpc) is 2.83. The molecule has 9 heteroatoms. The molecule has 1 fully saturated rings. The second-order valence-corrected chi connectivity index (χ2v) is 6.16. The van der Waals surface area contributed by atoms with Gasteiger partial charge in [-0.1, -0.05) is 0 Å². The van der Waals surface area contributed by atoms with Crippen molar-refractivity contribution in [3.8, 4) is 0 Å². The van der Waals surface area contributed by atoms with Crippen molar-refractivity contribution in [2.45, 2.75) is 32.0 Å². The molecule has 1 aliphatic rings. The van der Waals surface area contributed by atoms with E-state index >= 15 is 0 Å². The third-order valence-corrected chi connectivity index (χ3v) is 4.85. The molecule has 5 nitrogen and oxygen atoms in total. The van der Waals surface area contributed by atoms with Crippen LogP contribution in [0.1, 0.15) is 30.7 Å². The normalized spacial score (nSPS) is 21.4. The highest BCUT2D eigenvalue weighted by Gasteiger charge is 2.43. The summed E-state index contributed by atoms with van der Waals surface area (Å²) in [5, 5.41) is 20.8. The zero-order valence-electron chi connectivity index (χ0n) is 11.3. The van der Waals surface area contributed by atoms with Crippen molar-refractivity contribution in [1.29, 1.82) is 0 Å². The summed E-state index contributed by atoms with van der Waals surface area (Å²) in [7, 11) is 0. The van der Waals surface area contributed by atoms with Crippen molar-refractivity contribution in [3.05, 3.63) is 21.1 Å². The molecule has 2 heterocycles. The summed E-state index contributed by atoms with van der Waals surface area (Å²) < 4.78 is 38.5. The van der Waals surface area contributed by atoms with Crippen LogP contribution in [0, 0.1) is 16.0 Å². The van der Waals surface area contributed by atoms with Crippen molar-refractivity contribution < 1.29 is 23.2 Å². The van der Waals surface area contributed by atoms with Gasteiger partial charge in [-0.2, -0.15) is 13.2 Å². The first-order valence-electron chi connectivity index (χ1n) is 6.48. The lowest BCUT2D eigenvalue weighted by Crippen LogP contribution is -2.41. The van der Waals surface area contributed by atoms with Gasteiger partial charge in [-0.15, -0.1) is 11.3 Å². The Morgan fingerprint density at radius 2 is 2.24 bits per heavy atom. The van der Waals surface area contributed by atoms with Gasteiger partial charge in [-0.3, -0.25) is 10.1 Å². The maximum atomic E-state index is 12.8. The van der Waals surface area contributed by atoms with Crippen LogP contribution in [0.4, 0.5) is 23.9 Å². The number of thiophene rings is 1. The Labute approximate surface area is 123 Å². The van der Waals surface area contributed by atoms with E-state index < -0.39 is 23.1 Å². The van der Waals surface area contributed by atoms with Crippen molar-refractivity contribution >= 4 is 22.0 Å². The fourth-order valence-electron chi connectivity index (χ4n) is 2.38. The second kappa shape index (κ2) is 5.80. The minimum atomic E-state index is -4.29. The van der Waals surface area contributed by atoms with Crippen LogP contribution < -0.4 is 4.90 Å². The molecule has 1 aromatic heterocycles. The molecule has 0 aromatic carbocycles. The fourth-order valence-corrected chi connectivity index (χ4v) is 3.48. The van der Waals surface area contributed by atoms with Gasteiger partial charge in [0.25, 0.3) is 0 Å². The van der Waals surface area contributed by atoms with Crippen LogP contribution in [0.5, 0.6) is 0 Å². The lowest BCUT2D eigenvalue weighted by Gasteiger charge is -2.33. The van der Waals surface area contributed by atoms with Gasteiger partial charge in [0.05, 0.1) is 16.9 Å². The van der Waals surface area contributed by atoms with Gasteiger partial charge in [0, 0.05) is 24.0 Å². The minimum Gasteiger partial charge on any atom is -0.388 e. The number of piperidine rings is 1. The zero-order chi connectivity index (χ0) is 15.8. The van der Waals surface area contributed by atoms with Gasteiger partial charge >= 0.3 is 11.9 Å². The van der Waals surface area contributed by atoms with Crippen molar-refractivity contribution in [3.63, 3.8) is 0 Å². The first-order valence-corrected chi connectivity index (χ1v) is 7.29. The van der Waals surface area contributed by atoms with Gasteiger partial charge in [-0.05, 0) is 19.8 Å². The molecule has 0 amide bonds. The molecule has 0 aliphatic carbocycles. The van der Waals surface area contributed by atoms with Gasteiger partial charge in [-0.25, -0.2) is 0 Å². The quantitative estimate of drug-likeness (QED) is 0.683. The van der Waals surface area contributed by atoms with Crippen LogP contribution >= 0.6 is 11.3 Å². The number of alkyl halides is 3. The fraction of sp³-hybridized carbons (Fsp3) is 0.667. The molecule has 2 atom stereocenters. The molecule has 118 valence electrons. The summed E-state index contributed by atoms with van der Waals surface area (Å²) in [5.74, 6) is -1.47. The first-order chi connectivity index (χ1) is 9.70. The molecule has 0 radical (unpaired) electrons. The molecule has 2 rings (SSSR count). The lowest BCUT2D eigenvalue weighted by atomic mass is 9.98.